The predicted molar refractivity (Wildman–Crippen MR) is 461 cm³/mol. The van der Waals surface area contributed by atoms with Gasteiger partial charge in [0.2, 0.25) is 48.3 Å². The first-order chi connectivity index (χ1) is 59.9. The van der Waals surface area contributed by atoms with Crippen molar-refractivity contribution in [2.24, 2.45) is 28.9 Å². The summed E-state index contributed by atoms with van der Waals surface area (Å²) in [5.74, 6) is -0.486. The van der Waals surface area contributed by atoms with Crippen molar-refractivity contribution in [3.05, 3.63) is 138 Å². The highest BCUT2D eigenvalue weighted by molar-refractivity contribution is 5.86. The number of hydrogen-bond donors (Lipinski definition) is 26. The molecule has 3 aromatic carbocycles. The summed E-state index contributed by atoms with van der Waals surface area (Å²) >= 11 is 0. The number of hydrogen-bond acceptors (Lipinski definition) is 29. The number of benzene rings is 3. The fraction of sp³-hybridized carbons (Fsp3) is 0.628. The largest absolute Gasteiger partial charge is 0.443 e. The number of nitrogens with two attached hydrogens (primary N) is 4. The van der Waals surface area contributed by atoms with Gasteiger partial charge in [-0.2, -0.15) is 0 Å². The van der Waals surface area contributed by atoms with E-state index in [-0.39, 0.29) is 60.0 Å². The van der Waals surface area contributed by atoms with Gasteiger partial charge in [-0.15, -0.1) is 15.3 Å². The lowest BCUT2D eigenvalue weighted by atomic mass is 9.95. The van der Waals surface area contributed by atoms with Crippen molar-refractivity contribution in [1.82, 2.24) is 62.5 Å². The Morgan fingerprint density at radius 3 is 1.02 bits per heavy atom. The molecule has 3 aliphatic heterocycles. The summed E-state index contributed by atoms with van der Waals surface area (Å²) in [7, 11) is 0. The molecule has 126 heavy (non-hydrogen) atoms. The Labute approximate surface area is 733 Å². The average molecular weight is 1780 g/mol. The van der Waals surface area contributed by atoms with Crippen molar-refractivity contribution in [2.45, 2.75) is 281 Å². The van der Waals surface area contributed by atoms with Crippen LogP contribution in [0.4, 0.5) is 14.4 Å². The molecule has 0 aliphatic carbocycles. The summed E-state index contributed by atoms with van der Waals surface area (Å²) in [6, 6.07) is 15.0. The predicted octanol–water partition coefficient (Wildman–Crippen LogP) is -0.659. The van der Waals surface area contributed by atoms with Crippen LogP contribution >= 0.6 is 0 Å². The van der Waals surface area contributed by atoms with Crippen LogP contribution in [-0.2, 0) is 62.3 Å². The molecule has 9 rings (SSSR count). The van der Waals surface area contributed by atoms with Crippen molar-refractivity contribution in [1.29, 1.82) is 0 Å². The number of unbranched alkanes of at least 4 members (excludes halogenated alkanes) is 2. The van der Waals surface area contributed by atoms with Gasteiger partial charge >= 0.3 is 18.1 Å². The molecule has 6 heterocycles. The zero-order chi connectivity index (χ0) is 92.9. The van der Waals surface area contributed by atoms with E-state index in [0.29, 0.717) is 90.5 Å². The van der Waals surface area contributed by atoms with Crippen LogP contribution in [0.15, 0.2) is 54.6 Å². The number of carbonyl (C=O) groups excluding carboxylic acids is 5. The highest BCUT2D eigenvalue weighted by Gasteiger charge is 2.48. The zero-order valence-electron chi connectivity index (χ0n) is 73.7. The first kappa shape index (κ1) is 104. The molecule has 6 aromatic rings. The van der Waals surface area contributed by atoms with E-state index in [1.165, 1.54) is 0 Å². The highest BCUT2D eigenvalue weighted by atomic mass is 16.7. The lowest BCUT2D eigenvalue weighted by Crippen LogP contribution is -2.60. The van der Waals surface area contributed by atoms with Crippen LogP contribution in [0.25, 0.3) is 0 Å². The van der Waals surface area contributed by atoms with Crippen molar-refractivity contribution in [2.75, 3.05) is 59.2 Å². The Morgan fingerprint density at radius 2 is 0.746 bits per heavy atom. The normalized spacial score (nSPS) is 23.1. The zero-order valence-corrected chi connectivity index (χ0v) is 73.7. The Bertz CT molecular complexity index is 4370. The first-order valence-electron chi connectivity index (χ1n) is 43.0. The van der Waals surface area contributed by atoms with Crippen LogP contribution in [-0.4, -0.2) is 296 Å². The summed E-state index contributed by atoms with van der Waals surface area (Å²) in [5, 5.41) is 168. The van der Waals surface area contributed by atoms with Gasteiger partial charge in [0.05, 0.1) is 32.5 Å². The van der Waals surface area contributed by atoms with Crippen LogP contribution in [0.1, 0.15) is 196 Å². The minimum Gasteiger partial charge on any atom is -0.443 e. The lowest BCUT2D eigenvalue weighted by Gasteiger charge is -2.39. The Morgan fingerprint density at radius 1 is 0.429 bits per heavy atom. The summed E-state index contributed by atoms with van der Waals surface area (Å²) in [4.78, 5) is 59.9. The van der Waals surface area contributed by atoms with E-state index in [4.69, 9.17) is 51.4 Å². The van der Waals surface area contributed by atoms with Gasteiger partial charge in [0.25, 0.3) is 0 Å². The maximum atomic E-state index is 12.3. The van der Waals surface area contributed by atoms with E-state index in [1.54, 1.807) is 13.8 Å². The van der Waals surface area contributed by atoms with Crippen LogP contribution < -0.4 is 69.0 Å². The number of aromatic nitrogens is 6. The van der Waals surface area contributed by atoms with Crippen LogP contribution in [0.2, 0.25) is 0 Å². The number of aryl methyl sites for hydroxylation is 3. The number of ether oxygens (including phenoxy) is 6. The summed E-state index contributed by atoms with van der Waals surface area (Å²) < 4.78 is 34.2. The van der Waals surface area contributed by atoms with Crippen molar-refractivity contribution >= 4 is 29.9 Å². The smallest absolute Gasteiger partial charge is 0.315 e. The number of aliphatic hydroxyl groups is 13. The molecule has 18 atom stereocenters. The summed E-state index contributed by atoms with van der Waals surface area (Å²) in [6.45, 7) is 22.0. The van der Waals surface area contributed by atoms with E-state index >= 15 is 0 Å². The Hall–Kier alpha value is -9.28. The number of aromatic amines is 3. The Balaban J connectivity index is 0.000000259. The molecule has 40 nitrogen and oxygen atoms in total. The van der Waals surface area contributed by atoms with Gasteiger partial charge in [-0.05, 0) is 159 Å². The number of amides is 8. The van der Waals surface area contributed by atoms with Gasteiger partial charge in [0.1, 0.15) is 85.3 Å². The quantitative estimate of drug-likeness (QED) is 0.0212. The number of aliphatic hydroxyl groups excluding tert-OH is 13. The van der Waals surface area contributed by atoms with Crippen LogP contribution in [0.5, 0.6) is 17.6 Å². The molecule has 0 spiro atoms. The van der Waals surface area contributed by atoms with E-state index in [1.807, 2.05) is 111 Å². The van der Waals surface area contributed by atoms with Gasteiger partial charge in [-0.3, -0.25) is 24.9 Å². The maximum Gasteiger partial charge on any atom is 0.315 e. The van der Waals surface area contributed by atoms with Crippen molar-refractivity contribution in [3.63, 3.8) is 0 Å². The molecule has 8 amide bonds. The second-order valence-corrected chi connectivity index (χ2v) is 33.5. The second-order valence-electron chi connectivity index (χ2n) is 33.5. The molecule has 3 saturated heterocycles. The first-order valence-corrected chi connectivity index (χ1v) is 43.0. The summed E-state index contributed by atoms with van der Waals surface area (Å²) in [5.41, 5.74) is 35.7. The Kier molecular flexibility index (Phi) is 41.6. The number of nitrogens with one attached hydrogen (secondary N) is 9. The van der Waals surface area contributed by atoms with E-state index in [2.05, 4.69) is 68.6 Å². The molecule has 0 radical (unpaired) electrons. The van der Waals surface area contributed by atoms with Gasteiger partial charge in [0, 0.05) is 72.7 Å². The third-order valence-corrected chi connectivity index (χ3v) is 22.4. The van der Waals surface area contributed by atoms with Gasteiger partial charge < -0.3 is 150 Å². The molecule has 0 bridgehead atoms. The third-order valence-electron chi connectivity index (χ3n) is 22.4. The molecular weight excluding hydrogens is 1640 g/mol. The van der Waals surface area contributed by atoms with Gasteiger partial charge in [0.15, 0.2) is 0 Å². The summed E-state index contributed by atoms with van der Waals surface area (Å²) in [6.07, 6.45) is -13.8. The number of primary amides is 2. The fourth-order valence-electron chi connectivity index (χ4n) is 14.7. The minimum absolute atomic E-state index is 0.0706. The molecule has 40 heteroatoms. The van der Waals surface area contributed by atoms with E-state index in [0.717, 1.165) is 103 Å². The number of rotatable bonds is 42. The molecule has 3 fully saturated rings. The van der Waals surface area contributed by atoms with Crippen molar-refractivity contribution in [3.8, 4) is 17.6 Å². The number of H-pyrrole nitrogens is 3. The number of carbonyl (C=O) groups is 5. The topological polar surface area (TPSA) is 666 Å². The molecule has 30 N–H and O–H groups in total. The third kappa shape index (κ3) is 29.4. The molecule has 704 valence electrons. The maximum absolute atomic E-state index is 12.3. The number of urea groups is 3. The molecule has 3 aliphatic rings. The standard InChI is InChI=1S/C29H46N6O8.C29H47N5O8.C28H43N5O8/c1-15(2)22-19(27(35-34-22)43-28-25(39)24(38)23(37)21(14-36)42-28)13-18-8-7-17(12-16(18)3)9-11-32-29(41)33-20(26(31)40)6-4-5-10-30;1-16(2)23-21(27(34-33-23)42-28-26(39)25(38)24(37)22(15-36)41-28)13-19-8-7-18(12-17(19)3)9-11-31-29(40)32-20(14-35)6-4-5-10-30;1-13(2)20-18(26(33-32-20)41-27-24(37)23(36)22(35)19(12-34)40-27)11-17-7-6-16(10-15(17)5)8-9-30-28(39)31-21(14(3)4)25(29)38/h7-8,12,15,20-21,23-25,28,36-39H,4-6,9-11,13-14,30H2,1-3H3,(H2,31,40)(H,34,35)(H2,32,33,41);7-8,12,16,20,22,24-26,28,35-39H,4-6,9-11,13-15,30H2,1-3H3,(H,33,34)(H2,31,32,40);6-7,10,13-14,19,21-24,27,34-37H,8-9,11-12H2,1-5H3,(H2,29,38)(H,32,33)(H2,30,31,39)/t20-,21?,23+,24?,25+,28?;20-,22?,24+,25?,26+,28?;19?,21-,22+,23?,24+,27?/m000/s1. The van der Waals surface area contributed by atoms with Crippen molar-refractivity contribution < 1.29 is 119 Å². The minimum atomic E-state index is -1.57. The monoisotopic (exact) mass is 1780 g/mol. The van der Waals surface area contributed by atoms with Gasteiger partial charge in [-0.25, -0.2) is 14.4 Å². The highest BCUT2D eigenvalue weighted by Crippen LogP contribution is 2.37. The molecule has 0 saturated carbocycles. The van der Waals surface area contributed by atoms with Gasteiger partial charge in [-0.1, -0.05) is 116 Å². The average Bonchev–Trinajstić information content (AvgIpc) is 1.65. The lowest BCUT2D eigenvalue weighted by molar-refractivity contribution is -0.278. The second kappa shape index (κ2) is 50.5. The molecular formula is C86H136N16O24. The van der Waals surface area contributed by atoms with Crippen LogP contribution in [0, 0.1) is 26.7 Å². The molecule has 3 aromatic heterocycles. The SMILES string of the molecule is Cc1cc(CCNC(=O)N[C@@H](CCCCN)C(N)=O)ccc1Cc1c(OC2OC(CO)[C@@H](O)C(O)[C@H]2O)n[nH]c1C(C)C.Cc1cc(CCNC(=O)N[C@H](C(N)=O)C(C)C)ccc1Cc1c(OC2OC(CO)[C@@H](O)C(O)[C@H]2O)n[nH]c1C(C)C.Cc1cc(CCNC(=O)N[C@H](CO)CCCCN)ccc1Cc1c(OC2OC(CO)[C@@H](O)C(O)[C@H]2O)n[nH]c1C(C)C. The van der Waals surface area contributed by atoms with E-state index in [9.17, 15) is 90.4 Å². The fourth-order valence-corrected chi connectivity index (χ4v) is 14.7. The number of nitrogens with zero attached hydrogens (tertiary/aromatic N) is 3. The van der Waals surface area contributed by atoms with Crippen LogP contribution in [0.3, 0.4) is 0 Å². The van der Waals surface area contributed by atoms with E-state index < -0.39 is 148 Å². The molecule has 9 unspecified atom stereocenters.